The Morgan fingerprint density at radius 3 is 2.34 bits per heavy atom. The molecule has 0 aliphatic carbocycles. The van der Waals surface area contributed by atoms with Gasteiger partial charge in [0.05, 0.1) is 25.5 Å². The number of carboxylic acid groups (broad SMARTS) is 1. The summed E-state index contributed by atoms with van der Waals surface area (Å²) in [5.41, 5.74) is 10.6. The minimum absolute atomic E-state index is 0.0156. The van der Waals surface area contributed by atoms with Gasteiger partial charge in [-0.25, -0.2) is 28.6 Å². The van der Waals surface area contributed by atoms with E-state index in [1.165, 1.54) is 26.0 Å². The number of aliphatic carboxylic acids is 1. The van der Waals surface area contributed by atoms with Crippen LogP contribution in [0, 0.1) is 5.41 Å². The van der Waals surface area contributed by atoms with Crippen LogP contribution in [0.15, 0.2) is 36.9 Å². The summed E-state index contributed by atoms with van der Waals surface area (Å²) in [6.07, 6.45) is -7.51. The lowest BCUT2D eigenvalue weighted by Crippen LogP contribution is -2.46. The molecule has 0 bridgehead atoms. The van der Waals surface area contributed by atoms with Gasteiger partial charge < -0.3 is 61.7 Å². The number of aliphatic hydroxyl groups excluding tert-OH is 2. The Hall–Kier alpha value is -3.95. The van der Waals surface area contributed by atoms with Gasteiger partial charge in [0.25, 0.3) is 0 Å². The molecular formula is C31H45N8O19P3S. The summed E-state index contributed by atoms with van der Waals surface area (Å²) in [6, 6.07) is 6.28. The molecule has 0 spiro atoms. The maximum atomic E-state index is 12.7. The predicted octanol–water partition coefficient (Wildman–Crippen LogP) is -0.495. The molecule has 2 amide bonds. The lowest BCUT2D eigenvalue weighted by atomic mass is 9.87. The molecule has 13 N–H and O–H groups in total. The van der Waals surface area contributed by atoms with Crippen LogP contribution in [0.5, 0.6) is 0 Å². The number of carbonyl (C=O) groups is 4. The number of amides is 2. The first-order valence-electron chi connectivity index (χ1n) is 17.9. The molecule has 1 saturated heterocycles. The molecule has 3 unspecified atom stereocenters. The third-order valence-corrected chi connectivity index (χ3v) is 12.8. The number of aromatic nitrogens is 4. The molecule has 3 heterocycles. The second-order valence-electron chi connectivity index (χ2n) is 14.0. The lowest BCUT2D eigenvalue weighted by Gasteiger charge is -2.30. The number of phosphoric ester groups is 3. The molecule has 1 aliphatic heterocycles. The highest BCUT2D eigenvalue weighted by molar-refractivity contribution is 8.13. The lowest BCUT2D eigenvalue weighted by molar-refractivity contribution is -0.140. The van der Waals surface area contributed by atoms with Gasteiger partial charge in [0, 0.05) is 42.8 Å². The van der Waals surface area contributed by atoms with E-state index < -0.39 is 102 Å². The third kappa shape index (κ3) is 14.3. The molecule has 1 fully saturated rings. The van der Waals surface area contributed by atoms with E-state index in [1.54, 1.807) is 12.1 Å². The summed E-state index contributed by atoms with van der Waals surface area (Å²) < 4.78 is 62.2. The van der Waals surface area contributed by atoms with E-state index in [-0.39, 0.29) is 54.4 Å². The van der Waals surface area contributed by atoms with Gasteiger partial charge in [-0.1, -0.05) is 43.8 Å². The van der Waals surface area contributed by atoms with Crippen molar-refractivity contribution >= 4 is 80.8 Å². The van der Waals surface area contributed by atoms with Gasteiger partial charge >= 0.3 is 29.4 Å². The van der Waals surface area contributed by atoms with Crippen molar-refractivity contribution in [1.82, 2.24) is 30.2 Å². The van der Waals surface area contributed by atoms with Crippen LogP contribution in [0.2, 0.25) is 0 Å². The van der Waals surface area contributed by atoms with Crippen molar-refractivity contribution < 1.29 is 90.4 Å². The zero-order valence-electron chi connectivity index (χ0n) is 32.6. The predicted molar refractivity (Wildman–Crippen MR) is 213 cm³/mol. The molecular weight excluding hydrogens is 913 g/mol. The summed E-state index contributed by atoms with van der Waals surface area (Å²) >= 11 is 0.812. The number of carboxylic acids is 1. The number of thioether (sulfide) groups is 1. The monoisotopic (exact) mass is 958 g/mol. The van der Waals surface area contributed by atoms with Crippen LogP contribution in [0.25, 0.3) is 11.2 Å². The van der Waals surface area contributed by atoms with E-state index >= 15 is 0 Å². The minimum atomic E-state index is -5.61. The minimum Gasteiger partial charge on any atom is -0.481 e. The van der Waals surface area contributed by atoms with Crippen LogP contribution < -0.4 is 22.1 Å². The number of nitrogens with one attached hydrogen (secondary N) is 2. The van der Waals surface area contributed by atoms with Crippen molar-refractivity contribution in [3.63, 3.8) is 0 Å². The normalized spacial score (nSPS) is 21.1. The highest BCUT2D eigenvalue weighted by Crippen LogP contribution is 2.61. The van der Waals surface area contributed by atoms with Crippen molar-refractivity contribution in [3.05, 3.63) is 42.5 Å². The van der Waals surface area contributed by atoms with Crippen LogP contribution in [0.1, 0.15) is 44.4 Å². The van der Waals surface area contributed by atoms with E-state index in [0.717, 1.165) is 29.0 Å². The zero-order chi connectivity index (χ0) is 46.2. The zero-order valence-corrected chi connectivity index (χ0v) is 36.1. The number of hydrogen-bond acceptors (Lipinski definition) is 20. The summed E-state index contributed by atoms with van der Waals surface area (Å²) in [4.78, 5) is 100. The molecule has 8 atom stereocenters. The second-order valence-corrected chi connectivity index (χ2v) is 19.4. The van der Waals surface area contributed by atoms with Crippen molar-refractivity contribution in [2.75, 3.05) is 43.5 Å². The molecule has 1 aliphatic rings. The average molecular weight is 959 g/mol. The topological polar surface area (TPSA) is 427 Å². The van der Waals surface area contributed by atoms with Crippen molar-refractivity contribution in [1.29, 1.82) is 0 Å². The number of para-hydroxylation sites is 1. The Bertz CT molecular complexity index is 2250. The molecule has 62 heavy (non-hydrogen) atoms. The quantitative estimate of drug-likeness (QED) is 0.0324. The number of phosphoric acid groups is 3. The van der Waals surface area contributed by atoms with Crippen LogP contribution in [-0.4, -0.2) is 134 Å². The van der Waals surface area contributed by atoms with E-state index in [4.69, 9.17) is 25.3 Å². The fraction of sp³-hybridized carbons (Fsp3) is 0.516. The Morgan fingerprint density at radius 2 is 1.68 bits per heavy atom. The fourth-order valence-corrected chi connectivity index (χ4v) is 9.22. The van der Waals surface area contributed by atoms with Crippen molar-refractivity contribution in [3.8, 4) is 0 Å². The van der Waals surface area contributed by atoms with Crippen LogP contribution in [0.3, 0.4) is 0 Å². The van der Waals surface area contributed by atoms with Crippen LogP contribution in [-0.2, 0) is 55.5 Å². The van der Waals surface area contributed by atoms with Gasteiger partial charge in [-0.2, -0.15) is 4.31 Å². The van der Waals surface area contributed by atoms with E-state index in [9.17, 15) is 67.8 Å². The highest BCUT2D eigenvalue weighted by Gasteiger charge is 2.50. The first kappa shape index (κ1) is 50.7. The molecule has 31 heteroatoms. The maximum absolute atomic E-state index is 12.7. The number of benzene rings is 1. The standard InChI is InChI=1S/C31H45N8O19P3S/c1-31(2,25(43)28(44)35-8-7-20(40)34-9-10-62-21(41)11-17(30(45)46)16-5-3-4-6-18(16)32)13-55-61(52,53)58-60(50,51)54-12-19-24(57-59(47,48)49)23(42)29(56-19)39-15-38-22-26(33)36-14-37-27(22)39/h3-6,14-15,17,19,23-25,29,42-43H,7-13,32H2,1-2H3,(H,34,40)(H,35,44)(H,45,46)(H,50,51)(H,52,53)(H2,33,36,37)(H2,47,48,49)/t17?,19-,23-,24-,25+,29-/m1/s1. The number of rotatable bonds is 23. The largest absolute Gasteiger partial charge is 0.481 e. The van der Waals surface area contributed by atoms with Gasteiger partial charge in [-0.15, -0.1) is 0 Å². The van der Waals surface area contributed by atoms with Gasteiger partial charge in [-0.05, 0) is 11.6 Å². The molecule has 2 aromatic heterocycles. The number of imidazole rings is 1. The Kier molecular flexibility index (Phi) is 17.3. The molecule has 27 nitrogen and oxygen atoms in total. The summed E-state index contributed by atoms with van der Waals surface area (Å²) in [7, 11) is -16.5. The number of anilines is 2. The smallest absolute Gasteiger partial charge is 0.481 e. The number of fused-ring (bicyclic) bond motifs is 1. The van der Waals surface area contributed by atoms with Crippen molar-refractivity contribution in [2.24, 2.45) is 5.41 Å². The highest BCUT2D eigenvalue weighted by atomic mass is 32.2. The molecule has 0 saturated carbocycles. The average Bonchev–Trinajstić information content (AvgIpc) is 3.73. The molecule has 0 radical (unpaired) electrons. The summed E-state index contributed by atoms with van der Waals surface area (Å²) in [5.74, 6) is -3.89. The molecule has 3 aromatic rings. The second kappa shape index (κ2) is 21.2. The number of nitrogen functional groups attached to an aromatic ring is 2. The number of carbonyl (C=O) groups excluding carboxylic acids is 3. The number of hydrogen-bond donors (Lipinski definition) is 11. The Balaban J connectivity index is 1.20. The van der Waals surface area contributed by atoms with Crippen LogP contribution in [0.4, 0.5) is 11.5 Å². The van der Waals surface area contributed by atoms with Gasteiger partial charge in [-0.3, -0.25) is 37.3 Å². The number of aliphatic hydroxyl groups is 2. The maximum Gasteiger partial charge on any atom is 0.481 e. The molecule has 4 rings (SSSR count). The number of ether oxygens (including phenoxy) is 1. The first-order valence-corrected chi connectivity index (χ1v) is 23.4. The van der Waals surface area contributed by atoms with Gasteiger partial charge in [0.1, 0.15) is 36.3 Å². The number of nitrogens with two attached hydrogens (primary N) is 2. The van der Waals surface area contributed by atoms with Gasteiger partial charge in [0.15, 0.2) is 22.8 Å². The first-order chi connectivity index (χ1) is 28.8. The summed E-state index contributed by atoms with van der Waals surface area (Å²) in [5, 5.41) is 35.4. The SMILES string of the molecule is CC(C)(COP(=O)(O)OP(=O)(O)OC[C@H]1O[C@@H](n2cnc3c(N)ncnc32)[C@H](O)[C@@H]1OP(=O)(O)O)[C@@H](O)C(=O)NCCC(=O)NCCSC(=O)CC(C(=O)O)c1ccccc1N. The number of nitrogens with zero attached hydrogens (tertiary/aromatic N) is 4. The van der Waals surface area contributed by atoms with E-state index in [0.29, 0.717) is 5.56 Å². The fourth-order valence-electron chi connectivity index (χ4n) is 5.68. The summed E-state index contributed by atoms with van der Waals surface area (Å²) in [6.45, 7) is 0.0994. The molecule has 1 aromatic carbocycles. The Morgan fingerprint density at radius 1 is 1.00 bits per heavy atom. The third-order valence-electron chi connectivity index (χ3n) is 8.81. The molecule has 344 valence electrons. The van der Waals surface area contributed by atoms with Gasteiger partial charge in [0.2, 0.25) is 11.8 Å². The van der Waals surface area contributed by atoms with Crippen molar-refractivity contribution in [2.45, 2.75) is 63.3 Å². The van der Waals surface area contributed by atoms with E-state index in [1.807, 2.05) is 0 Å². The Labute approximate surface area is 355 Å². The van der Waals surface area contributed by atoms with E-state index in [2.05, 4.69) is 34.4 Å². The van der Waals surface area contributed by atoms with Crippen LogP contribution >= 0.6 is 35.2 Å².